The molecule has 0 atom stereocenters. The minimum absolute atomic E-state index is 0.136. The van der Waals surface area contributed by atoms with E-state index in [1.165, 1.54) is 6.07 Å². The van der Waals surface area contributed by atoms with Crippen LogP contribution < -0.4 is 10.5 Å². The van der Waals surface area contributed by atoms with Crippen LogP contribution in [0.5, 0.6) is 11.5 Å². The van der Waals surface area contributed by atoms with Crippen molar-refractivity contribution in [3.05, 3.63) is 16.6 Å². The second-order valence-electron chi connectivity index (χ2n) is 2.39. The maximum Gasteiger partial charge on any atom is 0.573 e. The number of rotatable bonds is 1. The number of nitrogen functional groups attached to an aromatic ring is 1. The van der Waals surface area contributed by atoms with E-state index in [-0.39, 0.29) is 15.9 Å². The lowest BCUT2D eigenvalue weighted by atomic mass is 10.3. The molecule has 0 bridgehead atoms. The number of ether oxygens (including phenoxy) is 1. The molecule has 0 fully saturated rings. The van der Waals surface area contributed by atoms with Crippen molar-refractivity contribution in [2.24, 2.45) is 0 Å². The molecule has 0 heterocycles. The van der Waals surface area contributed by atoms with E-state index in [2.05, 4.69) is 20.7 Å². The molecule has 0 spiro atoms. The molecular formula is C7H5BrF3NO2. The number of nitrogens with two attached hydrogens (primary N) is 1. The summed E-state index contributed by atoms with van der Waals surface area (Å²) >= 11 is 2.87. The van der Waals surface area contributed by atoms with Crippen LogP contribution in [-0.4, -0.2) is 11.5 Å². The summed E-state index contributed by atoms with van der Waals surface area (Å²) in [4.78, 5) is 0. The van der Waals surface area contributed by atoms with E-state index in [0.717, 1.165) is 6.07 Å². The highest BCUT2D eigenvalue weighted by Gasteiger charge is 2.32. The number of phenols is 1. The van der Waals surface area contributed by atoms with Crippen LogP contribution in [-0.2, 0) is 0 Å². The molecule has 0 saturated heterocycles. The Morgan fingerprint density at radius 3 is 2.43 bits per heavy atom. The lowest BCUT2D eigenvalue weighted by Crippen LogP contribution is -2.18. The first-order valence-electron chi connectivity index (χ1n) is 3.33. The Labute approximate surface area is 85.4 Å². The maximum atomic E-state index is 11.8. The Balaban J connectivity index is 3.09. The molecule has 0 aliphatic rings. The van der Waals surface area contributed by atoms with Gasteiger partial charge >= 0.3 is 6.36 Å². The Kier molecular flexibility index (Phi) is 2.79. The molecule has 0 amide bonds. The molecule has 3 nitrogen and oxygen atoms in total. The first kappa shape index (κ1) is 11.0. The van der Waals surface area contributed by atoms with Crippen LogP contribution in [0.25, 0.3) is 0 Å². The smallest absolute Gasteiger partial charge is 0.508 e. The van der Waals surface area contributed by atoms with Crippen molar-refractivity contribution >= 4 is 21.6 Å². The molecule has 3 N–H and O–H groups in total. The first-order chi connectivity index (χ1) is 6.29. The third-order valence-corrected chi connectivity index (χ3v) is 1.96. The third kappa shape index (κ3) is 2.69. The van der Waals surface area contributed by atoms with Crippen LogP contribution in [0.3, 0.4) is 0 Å². The molecule has 0 saturated carbocycles. The summed E-state index contributed by atoms with van der Waals surface area (Å²) in [5.41, 5.74) is 5.05. The molecule has 0 aromatic heterocycles. The minimum atomic E-state index is -4.83. The Morgan fingerprint density at radius 1 is 1.36 bits per heavy atom. The molecule has 0 aliphatic heterocycles. The van der Waals surface area contributed by atoms with Gasteiger partial charge < -0.3 is 15.6 Å². The lowest BCUT2D eigenvalue weighted by Gasteiger charge is -2.12. The van der Waals surface area contributed by atoms with Gasteiger partial charge in [0.2, 0.25) is 0 Å². The summed E-state index contributed by atoms with van der Waals surface area (Å²) in [6.45, 7) is 0. The second-order valence-corrected chi connectivity index (χ2v) is 3.24. The molecule has 78 valence electrons. The van der Waals surface area contributed by atoms with Gasteiger partial charge in [0, 0.05) is 10.5 Å². The van der Waals surface area contributed by atoms with Gasteiger partial charge in [0.05, 0.1) is 5.69 Å². The highest BCUT2D eigenvalue weighted by Crippen LogP contribution is 2.36. The normalized spacial score (nSPS) is 11.4. The molecule has 7 heteroatoms. The number of alkyl halides is 3. The minimum Gasteiger partial charge on any atom is -0.508 e. The molecule has 14 heavy (non-hydrogen) atoms. The number of phenolic OH excluding ortho intramolecular Hbond substituents is 1. The van der Waals surface area contributed by atoms with Crippen LogP contribution >= 0.6 is 15.9 Å². The lowest BCUT2D eigenvalue weighted by molar-refractivity contribution is -0.274. The third-order valence-electron chi connectivity index (χ3n) is 1.30. The fourth-order valence-electron chi connectivity index (χ4n) is 0.788. The van der Waals surface area contributed by atoms with Gasteiger partial charge in [-0.15, -0.1) is 13.2 Å². The highest BCUT2D eigenvalue weighted by molar-refractivity contribution is 9.10. The predicted octanol–water partition coefficient (Wildman–Crippen LogP) is 2.64. The Bertz CT molecular complexity index is 354. The van der Waals surface area contributed by atoms with Crippen molar-refractivity contribution in [1.82, 2.24) is 0 Å². The van der Waals surface area contributed by atoms with Gasteiger partial charge in [0.1, 0.15) is 5.75 Å². The van der Waals surface area contributed by atoms with Gasteiger partial charge in [-0.05, 0) is 22.0 Å². The van der Waals surface area contributed by atoms with E-state index in [4.69, 9.17) is 10.8 Å². The van der Waals surface area contributed by atoms with E-state index in [1.54, 1.807) is 0 Å². The highest BCUT2D eigenvalue weighted by atomic mass is 79.9. The maximum absolute atomic E-state index is 11.8. The number of aromatic hydroxyl groups is 1. The van der Waals surface area contributed by atoms with E-state index < -0.39 is 12.1 Å². The fraction of sp³-hybridized carbons (Fsp3) is 0.143. The van der Waals surface area contributed by atoms with E-state index in [1.807, 2.05) is 0 Å². The topological polar surface area (TPSA) is 55.5 Å². The summed E-state index contributed by atoms with van der Waals surface area (Å²) in [5.74, 6) is -1.00. The molecule has 0 aliphatic carbocycles. The monoisotopic (exact) mass is 271 g/mol. The standard InChI is InChI=1S/C7H5BrF3NO2/c8-4-1-3(13)2-5(6(4)12)14-7(9,10)11/h1-2,13H,12H2. The summed E-state index contributed by atoms with van der Waals surface area (Å²) in [6, 6.07) is 1.95. The van der Waals surface area contributed by atoms with Gasteiger partial charge in [-0.2, -0.15) is 0 Å². The quantitative estimate of drug-likeness (QED) is 0.610. The van der Waals surface area contributed by atoms with Crippen molar-refractivity contribution < 1.29 is 23.0 Å². The van der Waals surface area contributed by atoms with Gasteiger partial charge in [-0.3, -0.25) is 0 Å². The summed E-state index contributed by atoms with van der Waals surface area (Å²) in [6.07, 6.45) is -4.83. The van der Waals surface area contributed by atoms with E-state index in [0.29, 0.717) is 0 Å². The number of anilines is 1. The van der Waals surface area contributed by atoms with E-state index in [9.17, 15) is 13.2 Å². The zero-order valence-corrected chi connectivity index (χ0v) is 8.19. The summed E-state index contributed by atoms with van der Waals surface area (Å²) in [7, 11) is 0. The second kappa shape index (κ2) is 3.56. The van der Waals surface area contributed by atoms with Crippen LogP contribution in [0.15, 0.2) is 16.6 Å². The number of hydrogen-bond donors (Lipinski definition) is 2. The summed E-state index contributed by atoms with van der Waals surface area (Å²) < 4.78 is 39.1. The fourth-order valence-corrected chi connectivity index (χ4v) is 1.22. The predicted molar refractivity (Wildman–Crippen MR) is 46.9 cm³/mol. The van der Waals surface area contributed by atoms with Crippen LogP contribution in [0.2, 0.25) is 0 Å². The Hall–Kier alpha value is -1.11. The largest absolute Gasteiger partial charge is 0.573 e. The van der Waals surface area contributed by atoms with Gasteiger partial charge in [-0.1, -0.05) is 0 Å². The summed E-state index contributed by atoms with van der Waals surface area (Å²) in [5, 5.41) is 8.98. The SMILES string of the molecule is Nc1c(Br)cc(O)cc1OC(F)(F)F. The number of halogens is 4. The molecule has 0 unspecified atom stereocenters. The average molecular weight is 272 g/mol. The molecule has 1 rings (SSSR count). The number of benzene rings is 1. The van der Waals surface area contributed by atoms with Crippen LogP contribution in [0.4, 0.5) is 18.9 Å². The zero-order chi connectivity index (χ0) is 10.9. The van der Waals surface area contributed by atoms with Gasteiger partial charge in [-0.25, -0.2) is 0 Å². The van der Waals surface area contributed by atoms with Crippen molar-refractivity contribution in [2.75, 3.05) is 5.73 Å². The van der Waals surface area contributed by atoms with Gasteiger partial charge in [0.25, 0.3) is 0 Å². The zero-order valence-electron chi connectivity index (χ0n) is 6.60. The van der Waals surface area contributed by atoms with Crippen molar-refractivity contribution in [2.45, 2.75) is 6.36 Å². The van der Waals surface area contributed by atoms with Crippen molar-refractivity contribution in [3.8, 4) is 11.5 Å². The molecule has 0 radical (unpaired) electrons. The molecular weight excluding hydrogens is 267 g/mol. The average Bonchev–Trinajstić information content (AvgIpc) is 1.96. The van der Waals surface area contributed by atoms with Crippen molar-refractivity contribution in [3.63, 3.8) is 0 Å². The number of hydrogen-bond acceptors (Lipinski definition) is 3. The van der Waals surface area contributed by atoms with Gasteiger partial charge in [0.15, 0.2) is 5.75 Å². The van der Waals surface area contributed by atoms with Crippen LogP contribution in [0, 0.1) is 0 Å². The Morgan fingerprint density at radius 2 is 1.93 bits per heavy atom. The van der Waals surface area contributed by atoms with E-state index >= 15 is 0 Å². The first-order valence-corrected chi connectivity index (χ1v) is 4.12. The van der Waals surface area contributed by atoms with Crippen LogP contribution in [0.1, 0.15) is 0 Å². The van der Waals surface area contributed by atoms with Crippen molar-refractivity contribution in [1.29, 1.82) is 0 Å². The molecule has 1 aromatic rings. The molecule has 1 aromatic carbocycles.